The lowest BCUT2D eigenvalue weighted by Gasteiger charge is -2.24. The van der Waals surface area contributed by atoms with Crippen LogP contribution >= 0.6 is 11.3 Å². The fourth-order valence-electron chi connectivity index (χ4n) is 2.14. The number of thiophene rings is 1. The van der Waals surface area contributed by atoms with Gasteiger partial charge in [-0.2, -0.15) is 4.31 Å². The Balaban J connectivity index is 2.27. The molecule has 1 aromatic rings. The summed E-state index contributed by atoms with van der Waals surface area (Å²) in [5.41, 5.74) is 0. The maximum atomic E-state index is 12.5. The molecule has 2 atom stereocenters. The standard InChI is InChI=1S/C12H17NO5S2/c1-3-8-4-5-11(19-8)20(16,17)13(2)10-7-18-6-9(10)12(14)15/h4-5,9-10H,3,6-7H2,1-2H3,(H,14,15). The molecule has 0 aliphatic carbocycles. The number of carboxylic acids is 1. The number of likely N-dealkylation sites (N-methyl/N-ethyl adjacent to an activating group) is 1. The largest absolute Gasteiger partial charge is 0.481 e. The lowest BCUT2D eigenvalue weighted by atomic mass is 10.1. The lowest BCUT2D eigenvalue weighted by Crippen LogP contribution is -2.43. The molecule has 112 valence electrons. The van der Waals surface area contributed by atoms with Gasteiger partial charge < -0.3 is 9.84 Å². The molecule has 8 heteroatoms. The van der Waals surface area contributed by atoms with E-state index in [9.17, 15) is 13.2 Å². The Kier molecular flexibility index (Phi) is 4.48. The normalized spacial score (nSPS) is 23.4. The number of aryl methyl sites for hydroxylation is 1. The Hall–Kier alpha value is -0.960. The molecular weight excluding hydrogens is 302 g/mol. The van der Waals surface area contributed by atoms with Gasteiger partial charge in [0.2, 0.25) is 0 Å². The van der Waals surface area contributed by atoms with Crippen LogP contribution in [-0.2, 0) is 26.0 Å². The zero-order valence-corrected chi connectivity index (χ0v) is 12.9. The molecule has 1 N–H and O–H groups in total. The summed E-state index contributed by atoms with van der Waals surface area (Å²) in [6.07, 6.45) is 0.772. The quantitative estimate of drug-likeness (QED) is 0.876. The number of aliphatic carboxylic acids is 1. The van der Waals surface area contributed by atoms with Gasteiger partial charge in [0.25, 0.3) is 10.0 Å². The molecule has 1 aliphatic rings. The molecular formula is C12H17NO5S2. The van der Waals surface area contributed by atoms with Gasteiger partial charge in [0.1, 0.15) is 4.21 Å². The van der Waals surface area contributed by atoms with E-state index in [1.165, 1.54) is 18.4 Å². The Morgan fingerprint density at radius 3 is 2.75 bits per heavy atom. The Labute approximate surface area is 122 Å². The maximum Gasteiger partial charge on any atom is 0.310 e. The van der Waals surface area contributed by atoms with E-state index in [2.05, 4.69) is 0 Å². The SMILES string of the molecule is CCc1ccc(S(=O)(=O)N(C)C2COCC2C(=O)O)s1. The third-order valence-electron chi connectivity index (χ3n) is 3.45. The zero-order chi connectivity index (χ0) is 14.9. The van der Waals surface area contributed by atoms with Crippen LogP contribution in [0.15, 0.2) is 16.3 Å². The summed E-state index contributed by atoms with van der Waals surface area (Å²) in [6.45, 7) is 2.11. The maximum absolute atomic E-state index is 12.5. The van der Waals surface area contributed by atoms with Crippen molar-refractivity contribution in [1.82, 2.24) is 4.31 Å². The number of nitrogens with zero attached hydrogens (tertiary/aromatic N) is 1. The Morgan fingerprint density at radius 2 is 2.20 bits per heavy atom. The van der Waals surface area contributed by atoms with Crippen LogP contribution in [-0.4, -0.2) is 50.1 Å². The second kappa shape index (κ2) is 5.80. The van der Waals surface area contributed by atoms with Gasteiger partial charge in [-0.1, -0.05) is 6.92 Å². The second-order valence-corrected chi connectivity index (χ2v) is 8.04. The Bertz CT molecular complexity index is 595. The summed E-state index contributed by atoms with van der Waals surface area (Å²) in [6, 6.07) is 2.69. The number of hydrogen-bond donors (Lipinski definition) is 1. The minimum Gasteiger partial charge on any atom is -0.481 e. The number of ether oxygens (including phenoxy) is 1. The number of sulfonamides is 1. The molecule has 1 aromatic heterocycles. The molecule has 2 rings (SSSR count). The molecule has 1 fully saturated rings. The van der Waals surface area contributed by atoms with Crippen LogP contribution in [0.5, 0.6) is 0 Å². The molecule has 0 aromatic carbocycles. The van der Waals surface area contributed by atoms with Gasteiger partial charge in [0, 0.05) is 11.9 Å². The van der Waals surface area contributed by atoms with Crippen LogP contribution in [0.2, 0.25) is 0 Å². The molecule has 0 spiro atoms. The topological polar surface area (TPSA) is 83.9 Å². The van der Waals surface area contributed by atoms with Gasteiger partial charge in [0.05, 0.1) is 25.2 Å². The van der Waals surface area contributed by atoms with Gasteiger partial charge in [0.15, 0.2) is 0 Å². The highest BCUT2D eigenvalue weighted by Crippen LogP contribution is 2.29. The fraction of sp³-hybridized carbons (Fsp3) is 0.583. The van der Waals surface area contributed by atoms with E-state index in [0.717, 1.165) is 15.6 Å². The highest BCUT2D eigenvalue weighted by atomic mass is 32.2. The van der Waals surface area contributed by atoms with Crippen LogP contribution in [0.3, 0.4) is 0 Å². The van der Waals surface area contributed by atoms with E-state index in [4.69, 9.17) is 9.84 Å². The van der Waals surface area contributed by atoms with Crippen LogP contribution in [0.1, 0.15) is 11.8 Å². The molecule has 0 bridgehead atoms. The molecule has 0 saturated carbocycles. The first-order valence-electron chi connectivity index (χ1n) is 6.25. The summed E-state index contributed by atoms with van der Waals surface area (Å²) in [4.78, 5) is 12.1. The van der Waals surface area contributed by atoms with Crippen molar-refractivity contribution in [3.8, 4) is 0 Å². The fourth-order valence-corrected chi connectivity index (χ4v) is 5.00. The van der Waals surface area contributed by atoms with Crippen LogP contribution in [0.4, 0.5) is 0 Å². The average molecular weight is 319 g/mol. The highest BCUT2D eigenvalue weighted by molar-refractivity contribution is 7.91. The predicted octanol–water partition coefficient (Wildman–Crippen LogP) is 1.03. The minimum absolute atomic E-state index is 0.0461. The molecule has 6 nitrogen and oxygen atoms in total. The molecule has 0 radical (unpaired) electrons. The molecule has 2 unspecified atom stereocenters. The average Bonchev–Trinajstić information content (AvgIpc) is 3.06. The van der Waals surface area contributed by atoms with Crippen molar-refractivity contribution in [3.05, 3.63) is 17.0 Å². The molecule has 0 amide bonds. The number of carbonyl (C=O) groups is 1. The lowest BCUT2D eigenvalue weighted by molar-refractivity contribution is -0.142. The summed E-state index contributed by atoms with van der Waals surface area (Å²) in [7, 11) is -2.26. The van der Waals surface area contributed by atoms with Crippen molar-refractivity contribution in [2.24, 2.45) is 5.92 Å². The summed E-state index contributed by atoms with van der Waals surface area (Å²) >= 11 is 1.22. The minimum atomic E-state index is -3.67. The Morgan fingerprint density at radius 1 is 1.50 bits per heavy atom. The summed E-state index contributed by atoms with van der Waals surface area (Å²) < 4.78 is 31.5. The number of carboxylic acid groups (broad SMARTS) is 1. The van der Waals surface area contributed by atoms with E-state index in [-0.39, 0.29) is 17.4 Å². The monoisotopic (exact) mass is 319 g/mol. The van der Waals surface area contributed by atoms with E-state index in [1.54, 1.807) is 12.1 Å². The molecule has 1 aliphatic heterocycles. The summed E-state index contributed by atoms with van der Waals surface area (Å²) in [5, 5.41) is 9.11. The zero-order valence-electron chi connectivity index (χ0n) is 11.3. The second-order valence-electron chi connectivity index (χ2n) is 4.65. The number of rotatable bonds is 5. The third-order valence-corrected chi connectivity index (χ3v) is 7.03. The highest BCUT2D eigenvalue weighted by Gasteiger charge is 2.41. The van der Waals surface area contributed by atoms with E-state index >= 15 is 0 Å². The van der Waals surface area contributed by atoms with Crippen molar-refractivity contribution in [2.75, 3.05) is 20.3 Å². The van der Waals surface area contributed by atoms with Gasteiger partial charge in [-0.3, -0.25) is 4.79 Å². The van der Waals surface area contributed by atoms with Crippen molar-refractivity contribution in [1.29, 1.82) is 0 Å². The molecule has 20 heavy (non-hydrogen) atoms. The van der Waals surface area contributed by atoms with Crippen molar-refractivity contribution >= 4 is 27.3 Å². The van der Waals surface area contributed by atoms with E-state index in [0.29, 0.717) is 0 Å². The predicted molar refractivity (Wildman–Crippen MR) is 74.4 cm³/mol. The van der Waals surface area contributed by atoms with Crippen molar-refractivity contribution in [2.45, 2.75) is 23.6 Å². The first-order chi connectivity index (χ1) is 9.37. The van der Waals surface area contributed by atoms with Crippen LogP contribution in [0.25, 0.3) is 0 Å². The third kappa shape index (κ3) is 2.73. The van der Waals surface area contributed by atoms with Gasteiger partial charge >= 0.3 is 5.97 Å². The van der Waals surface area contributed by atoms with Crippen LogP contribution in [0, 0.1) is 5.92 Å². The first-order valence-corrected chi connectivity index (χ1v) is 8.51. The smallest absolute Gasteiger partial charge is 0.310 e. The number of hydrogen-bond acceptors (Lipinski definition) is 5. The van der Waals surface area contributed by atoms with Gasteiger partial charge in [-0.25, -0.2) is 8.42 Å². The van der Waals surface area contributed by atoms with Crippen LogP contribution < -0.4 is 0 Å². The summed E-state index contributed by atoms with van der Waals surface area (Å²) in [5.74, 6) is -1.85. The van der Waals surface area contributed by atoms with E-state index < -0.39 is 28.0 Å². The van der Waals surface area contributed by atoms with E-state index in [1.807, 2.05) is 6.92 Å². The van der Waals surface area contributed by atoms with Crippen molar-refractivity contribution in [3.63, 3.8) is 0 Å². The molecule has 1 saturated heterocycles. The first kappa shape index (κ1) is 15.4. The van der Waals surface area contributed by atoms with Crippen molar-refractivity contribution < 1.29 is 23.1 Å². The van der Waals surface area contributed by atoms with Gasteiger partial charge in [-0.15, -0.1) is 11.3 Å². The van der Waals surface area contributed by atoms with Gasteiger partial charge in [-0.05, 0) is 18.6 Å². The molecule has 2 heterocycles.